The summed E-state index contributed by atoms with van der Waals surface area (Å²) in [7, 11) is 0. The largest absolute Gasteiger partial charge is 0.573 e. The van der Waals surface area contributed by atoms with Crippen molar-refractivity contribution >= 4 is 5.91 Å². The van der Waals surface area contributed by atoms with Gasteiger partial charge in [0.25, 0.3) is 5.89 Å². The number of rotatable bonds is 7. The Morgan fingerprint density at radius 2 is 1.89 bits per heavy atom. The number of fused-ring (bicyclic) bond motifs is 1. The van der Waals surface area contributed by atoms with Gasteiger partial charge in [0, 0.05) is 18.3 Å². The fourth-order valence-electron chi connectivity index (χ4n) is 3.46. The number of hydrogen-bond acceptors (Lipinski definition) is 7. The van der Waals surface area contributed by atoms with Gasteiger partial charge in [0.2, 0.25) is 18.5 Å². The van der Waals surface area contributed by atoms with E-state index in [1.165, 1.54) is 12.1 Å². The molecule has 4 aromatic rings. The van der Waals surface area contributed by atoms with Crippen molar-refractivity contribution < 1.29 is 36.7 Å². The summed E-state index contributed by atoms with van der Waals surface area (Å²) in [5.41, 5.74) is 1.82. The van der Waals surface area contributed by atoms with Crippen LogP contribution in [0.3, 0.4) is 0 Å². The molecule has 1 N–H and O–H groups in total. The molecule has 2 aromatic heterocycles. The van der Waals surface area contributed by atoms with E-state index in [9.17, 15) is 18.0 Å². The maximum Gasteiger partial charge on any atom is 0.573 e. The minimum atomic E-state index is -4.77. The van der Waals surface area contributed by atoms with Gasteiger partial charge in [-0.3, -0.25) is 4.79 Å². The smallest absolute Gasteiger partial charge is 0.454 e. The van der Waals surface area contributed by atoms with Crippen LogP contribution in [0.1, 0.15) is 5.56 Å². The molecule has 0 saturated carbocycles. The number of benzene rings is 2. The van der Waals surface area contributed by atoms with Gasteiger partial charge in [-0.25, -0.2) is 0 Å². The van der Waals surface area contributed by atoms with Gasteiger partial charge in [-0.15, -0.1) is 13.2 Å². The van der Waals surface area contributed by atoms with E-state index >= 15 is 0 Å². The molecule has 2 aromatic carbocycles. The first-order valence-electron chi connectivity index (χ1n) is 10.3. The molecule has 0 spiro atoms. The molecule has 1 amide bonds. The second-order valence-corrected chi connectivity index (χ2v) is 7.48. The monoisotopic (exact) mass is 486 g/mol. The molecule has 5 rings (SSSR count). The molecule has 180 valence electrons. The number of halogens is 3. The summed E-state index contributed by atoms with van der Waals surface area (Å²) in [5.74, 6) is 1.05. The Balaban J connectivity index is 1.23. The van der Waals surface area contributed by atoms with Gasteiger partial charge in [-0.05, 0) is 54.1 Å². The minimum Gasteiger partial charge on any atom is -0.454 e. The van der Waals surface area contributed by atoms with Crippen molar-refractivity contribution in [2.24, 2.45) is 0 Å². The van der Waals surface area contributed by atoms with Crippen LogP contribution < -0.4 is 19.5 Å². The number of hydrogen-bond donors (Lipinski definition) is 1. The van der Waals surface area contributed by atoms with Crippen molar-refractivity contribution in [3.8, 4) is 40.2 Å². The Hall–Kier alpha value is -4.48. The number of carbonyl (C=O) groups excluding carboxylic acids is 1. The zero-order chi connectivity index (χ0) is 24.4. The van der Waals surface area contributed by atoms with Gasteiger partial charge >= 0.3 is 6.36 Å². The molecule has 35 heavy (non-hydrogen) atoms. The molecule has 9 nitrogen and oxygen atoms in total. The first-order chi connectivity index (χ1) is 16.8. The standard InChI is InChI=1S/C23H17F3N4O5/c24-23(25,26)34-16-6-4-15(5-7-16)21-28-22(35-29-21)17-2-1-9-30(17)12-20(31)27-11-14-3-8-18-19(10-14)33-13-32-18/h1-10H,11-13H2,(H,27,31). The zero-order valence-corrected chi connectivity index (χ0v) is 17.9. The van der Waals surface area contributed by atoms with Crippen molar-refractivity contribution in [3.05, 3.63) is 66.4 Å². The fourth-order valence-corrected chi connectivity index (χ4v) is 3.46. The second kappa shape index (κ2) is 9.05. The number of amides is 1. The molecular weight excluding hydrogens is 469 g/mol. The Morgan fingerprint density at radius 3 is 2.69 bits per heavy atom. The summed E-state index contributed by atoms with van der Waals surface area (Å²) >= 11 is 0. The normalized spacial score (nSPS) is 12.5. The lowest BCUT2D eigenvalue weighted by Gasteiger charge is -2.09. The molecule has 1 aliphatic heterocycles. The maximum atomic E-state index is 12.5. The van der Waals surface area contributed by atoms with Crippen molar-refractivity contribution in [2.45, 2.75) is 19.5 Å². The highest BCUT2D eigenvalue weighted by Gasteiger charge is 2.31. The van der Waals surface area contributed by atoms with E-state index in [-0.39, 0.29) is 36.7 Å². The Morgan fingerprint density at radius 1 is 1.09 bits per heavy atom. The van der Waals surface area contributed by atoms with Gasteiger partial charge in [0.1, 0.15) is 18.0 Å². The molecule has 0 atom stereocenters. The van der Waals surface area contributed by atoms with E-state index in [1.54, 1.807) is 29.0 Å². The molecule has 0 bridgehead atoms. The van der Waals surface area contributed by atoms with Gasteiger partial charge in [-0.2, -0.15) is 4.98 Å². The second-order valence-electron chi connectivity index (χ2n) is 7.48. The molecule has 0 fully saturated rings. The number of aromatic nitrogens is 3. The van der Waals surface area contributed by atoms with E-state index in [4.69, 9.17) is 14.0 Å². The lowest BCUT2D eigenvalue weighted by atomic mass is 10.2. The van der Waals surface area contributed by atoms with Crippen LogP contribution in [0.4, 0.5) is 13.2 Å². The van der Waals surface area contributed by atoms with Crippen LogP contribution >= 0.6 is 0 Å². The van der Waals surface area contributed by atoms with Crippen LogP contribution in [0.2, 0.25) is 0 Å². The quantitative estimate of drug-likeness (QED) is 0.419. The van der Waals surface area contributed by atoms with Crippen LogP contribution in [-0.2, 0) is 17.9 Å². The number of nitrogens with zero attached hydrogens (tertiary/aromatic N) is 3. The SMILES string of the molecule is O=C(Cn1cccc1-c1nc(-c2ccc(OC(F)(F)F)cc2)no1)NCc1ccc2c(c1)OCO2. The van der Waals surface area contributed by atoms with Gasteiger partial charge in [0.15, 0.2) is 11.5 Å². The topological polar surface area (TPSA) is 101 Å². The van der Waals surface area contributed by atoms with Crippen LogP contribution in [0.5, 0.6) is 17.2 Å². The summed E-state index contributed by atoms with van der Waals surface area (Å²) in [5, 5.41) is 6.73. The van der Waals surface area contributed by atoms with E-state index in [0.717, 1.165) is 17.7 Å². The number of alkyl halides is 3. The molecular formula is C23H17F3N4O5. The highest BCUT2D eigenvalue weighted by atomic mass is 19.4. The van der Waals surface area contributed by atoms with E-state index in [0.29, 0.717) is 29.3 Å². The predicted molar refractivity (Wildman–Crippen MR) is 114 cm³/mol. The minimum absolute atomic E-state index is 0.00801. The summed E-state index contributed by atoms with van der Waals surface area (Å²) in [6.45, 7) is 0.496. The summed E-state index contributed by atoms with van der Waals surface area (Å²) in [6, 6.07) is 14.0. The molecule has 1 aliphatic rings. The van der Waals surface area contributed by atoms with Crippen LogP contribution in [0.25, 0.3) is 23.0 Å². The van der Waals surface area contributed by atoms with Gasteiger partial charge in [0.05, 0.1) is 0 Å². The van der Waals surface area contributed by atoms with Crippen molar-refractivity contribution in [1.82, 2.24) is 20.0 Å². The highest BCUT2D eigenvalue weighted by molar-refractivity contribution is 5.76. The van der Waals surface area contributed by atoms with Crippen LogP contribution in [0.15, 0.2) is 65.3 Å². The first-order valence-corrected chi connectivity index (χ1v) is 10.3. The molecule has 0 unspecified atom stereocenters. The van der Waals surface area contributed by atoms with Crippen LogP contribution in [-0.4, -0.2) is 33.8 Å². The highest BCUT2D eigenvalue weighted by Crippen LogP contribution is 2.32. The molecule has 0 radical (unpaired) electrons. The average molecular weight is 486 g/mol. The Kier molecular flexibility index (Phi) is 5.77. The summed E-state index contributed by atoms with van der Waals surface area (Å²) < 4.78 is 58.4. The van der Waals surface area contributed by atoms with Crippen molar-refractivity contribution in [3.63, 3.8) is 0 Å². The predicted octanol–water partition coefficient (Wildman–Crippen LogP) is 4.15. The third-order valence-electron chi connectivity index (χ3n) is 5.06. The number of nitrogens with one attached hydrogen (secondary N) is 1. The van der Waals surface area contributed by atoms with Gasteiger partial charge in [-0.1, -0.05) is 11.2 Å². The van der Waals surface area contributed by atoms with E-state index in [1.807, 2.05) is 12.1 Å². The van der Waals surface area contributed by atoms with Gasteiger partial charge < -0.3 is 28.6 Å². The summed E-state index contributed by atoms with van der Waals surface area (Å²) in [6.07, 6.45) is -3.08. The van der Waals surface area contributed by atoms with Crippen molar-refractivity contribution in [2.75, 3.05) is 6.79 Å². The lowest BCUT2D eigenvalue weighted by Crippen LogP contribution is -2.27. The molecule has 0 aliphatic carbocycles. The van der Waals surface area contributed by atoms with E-state index < -0.39 is 6.36 Å². The molecule has 12 heteroatoms. The number of ether oxygens (including phenoxy) is 3. The van der Waals surface area contributed by atoms with Crippen LogP contribution in [0, 0.1) is 0 Å². The van der Waals surface area contributed by atoms with Crippen molar-refractivity contribution in [1.29, 1.82) is 0 Å². The maximum absolute atomic E-state index is 12.5. The zero-order valence-electron chi connectivity index (χ0n) is 17.9. The van der Waals surface area contributed by atoms with E-state index in [2.05, 4.69) is 20.2 Å². The Bertz CT molecular complexity index is 1350. The molecule has 0 saturated heterocycles. The fraction of sp³-hybridized carbons (Fsp3) is 0.174. The lowest BCUT2D eigenvalue weighted by molar-refractivity contribution is -0.274. The number of carbonyl (C=O) groups is 1. The molecule has 3 heterocycles. The summed E-state index contributed by atoms with van der Waals surface area (Å²) in [4.78, 5) is 16.8. The Labute approximate surface area is 196 Å². The first kappa shape index (κ1) is 22.3. The third-order valence-corrected chi connectivity index (χ3v) is 5.06. The third kappa shape index (κ3) is 5.21. The average Bonchev–Trinajstić information content (AvgIpc) is 3.57.